The number of rotatable bonds is 1. The van der Waals surface area contributed by atoms with Crippen LogP contribution in [-0.2, 0) is 9.59 Å². The van der Waals surface area contributed by atoms with Gasteiger partial charge in [-0.25, -0.2) is 0 Å². The largest absolute Gasteiger partial charge is 0.359 e. The second-order valence-electron chi connectivity index (χ2n) is 1.93. The lowest BCUT2D eigenvalue weighted by molar-refractivity contribution is -0.120. The number of hydrogen-bond donors (Lipinski definition) is 1. The van der Waals surface area contributed by atoms with E-state index in [1.807, 2.05) is 6.92 Å². The van der Waals surface area contributed by atoms with E-state index in [1.165, 1.54) is 13.8 Å². The van der Waals surface area contributed by atoms with Crippen LogP contribution in [0.5, 0.6) is 0 Å². The lowest BCUT2D eigenvalue weighted by Gasteiger charge is -1.87. The Morgan fingerprint density at radius 3 is 1.60 bits per heavy atom. The van der Waals surface area contributed by atoms with E-state index < -0.39 is 0 Å². The van der Waals surface area contributed by atoms with Crippen molar-refractivity contribution < 1.29 is 9.59 Å². The van der Waals surface area contributed by atoms with Crippen LogP contribution in [0.15, 0.2) is 0 Å². The molecule has 0 saturated heterocycles. The SMILES string of the molecule is CC(C)=O.CCC(=O)NC. The van der Waals surface area contributed by atoms with Gasteiger partial charge >= 0.3 is 0 Å². The minimum absolute atomic E-state index is 0.0926. The van der Waals surface area contributed by atoms with Crippen LogP contribution in [0.4, 0.5) is 0 Å². The Morgan fingerprint density at radius 1 is 1.30 bits per heavy atom. The van der Waals surface area contributed by atoms with Crippen LogP contribution in [0.25, 0.3) is 0 Å². The molecular formula is C7H15NO2. The Kier molecular flexibility index (Phi) is 9.67. The van der Waals surface area contributed by atoms with E-state index in [0.717, 1.165) is 0 Å². The molecule has 0 heterocycles. The molecule has 0 aromatic heterocycles. The summed E-state index contributed by atoms with van der Waals surface area (Å²) in [6.07, 6.45) is 0.580. The molecule has 0 aliphatic rings. The van der Waals surface area contributed by atoms with Gasteiger partial charge < -0.3 is 10.1 Å². The second kappa shape index (κ2) is 8.14. The van der Waals surface area contributed by atoms with Gasteiger partial charge in [-0.2, -0.15) is 0 Å². The highest BCUT2D eigenvalue weighted by atomic mass is 16.1. The third-order valence-electron chi connectivity index (χ3n) is 0.600. The molecule has 0 saturated carbocycles. The summed E-state index contributed by atoms with van der Waals surface area (Å²) in [7, 11) is 1.63. The van der Waals surface area contributed by atoms with Crippen LogP contribution in [-0.4, -0.2) is 18.7 Å². The van der Waals surface area contributed by atoms with Gasteiger partial charge in [-0.05, 0) is 13.8 Å². The summed E-state index contributed by atoms with van der Waals surface area (Å²) in [5, 5.41) is 2.48. The lowest BCUT2D eigenvalue weighted by Crippen LogP contribution is -2.15. The minimum Gasteiger partial charge on any atom is -0.359 e. The first-order valence-electron chi connectivity index (χ1n) is 3.22. The van der Waals surface area contributed by atoms with Gasteiger partial charge in [-0.15, -0.1) is 0 Å². The van der Waals surface area contributed by atoms with Gasteiger partial charge in [-0.3, -0.25) is 4.79 Å². The second-order valence-corrected chi connectivity index (χ2v) is 1.93. The number of nitrogens with one attached hydrogen (secondary N) is 1. The van der Waals surface area contributed by atoms with Crippen molar-refractivity contribution in [1.82, 2.24) is 5.32 Å². The number of carbonyl (C=O) groups is 2. The lowest BCUT2D eigenvalue weighted by atomic mass is 10.5. The highest BCUT2D eigenvalue weighted by Crippen LogP contribution is 1.68. The van der Waals surface area contributed by atoms with Gasteiger partial charge in [0.25, 0.3) is 0 Å². The summed E-state index contributed by atoms with van der Waals surface area (Å²) in [6, 6.07) is 0. The van der Waals surface area contributed by atoms with Crippen LogP contribution < -0.4 is 5.32 Å². The summed E-state index contributed by atoms with van der Waals surface area (Å²) in [4.78, 5) is 19.5. The molecule has 0 fully saturated rings. The van der Waals surface area contributed by atoms with Crippen LogP contribution in [0.1, 0.15) is 27.2 Å². The Bertz CT molecular complexity index is 100. The number of Topliss-reactive ketones (excluding diaryl/α,β-unsaturated/α-hetero) is 1. The van der Waals surface area contributed by atoms with Crippen LogP contribution in [0.3, 0.4) is 0 Å². The van der Waals surface area contributed by atoms with Crippen molar-refractivity contribution in [2.45, 2.75) is 27.2 Å². The Balaban J connectivity index is 0. The standard InChI is InChI=1S/C4H9NO.C3H6O/c1-3-4(6)5-2;1-3(2)4/h3H2,1-2H3,(H,5,6);1-2H3. The molecule has 1 amide bonds. The van der Waals surface area contributed by atoms with Crippen molar-refractivity contribution in [3.8, 4) is 0 Å². The van der Waals surface area contributed by atoms with Crippen molar-refractivity contribution in [2.75, 3.05) is 7.05 Å². The minimum atomic E-state index is 0.0926. The van der Waals surface area contributed by atoms with E-state index >= 15 is 0 Å². The summed E-state index contributed by atoms with van der Waals surface area (Å²) < 4.78 is 0. The maximum Gasteiger partial charge on any atom is 0.219 e. The highest BCUT2D eigenvalue weighted by molar-refractivity contribution is 5.75. The first kappa shape index (κ1) is 11.9. The topological polar surface area (TPSA) is 46.2 Å². The maximum atomic E-state index is 10.1. The van der Waals surface area contributed by atoms with Gasteiger partial charge in [0.1, 0.15) is 5.78 Å². The highest BCUT2D eigenvalue weighted by Gasteiger charge is 1.84. The molecule has 0 unspecified atom stereocenters. The molecule has 0 aliphatic carbocycles. The zero-order valence-electron chi connectivity index (χ0n) is 7.02. The fraction of sp³-hybridized carbons (Fsp3) is 0.714. The zero-order chi connectivity index (χ0) is 8.57. The van der Waals surface area contributed by atoms with E-state index in [2.05, 4.69) is 5.32 Å². The van der Waals surface area contributed by atoms with Crippen molar-refractivity contribution in [1.29, 1.82) is 0 Å². The molecule has 3 heteroatoms. The molecular weight excluding hydrogens is 130 g/mol. The van der Waals surface area contributed by atoms with E-state index in [-0.39, 0.29) is 11.7 Å². The number of amides is 1. The number of carbonyl (C=O) groups excluding carboxylic acids is 2. The fourth-order valence-corrected chi connectivity index (χ4v) is 0.177. The van der Waals surface area contributed by atoms with Crippen molar-refractivity contribution >= 4 is 11.7 Å². The molecule has 1 N–H and O–H groups in total. The van der Waals surface area contributed by atoms with Crippen molar-refractivity contribution in [3.63, 3.8) is 0 Å². The quantitative estimate of drug-likeness (QED) is 0.591. The predicted octanol–water partition coefficient (Wildman–Crippen LogP) is 0.738. The molecule has 0 spiro atoms. The molecule has 0 atom stereocenters. The summed E-state index contributed by atoms with van der Waals surface area (Å²) in [5.41, 5.74) is 0. The van der Waals surface area contributed by atoms with Crippen molar-refractivity contribution in [3.05, 3.63) is 0 Å². The molecule has 0 aliphatic heterocycles. The molecule has 0 aromatic rings. The van der Waals surface area contributed by atoms with E-state index in [0.29, 0.717) is 6.42 Å². The van der Waals surface area contributed by atoms with E-state index in [1.54, 1.807) is 7.05 Å². The van der Waals surface area contributed by atoms with Crippen molar-refractivity contribution in [2.24, 2.45) is 0 Å². The summed E-state index contributed by atoms with van der Waals surface area (Å²) in [6.45, 7) is 4.87. The van der Waals surface area contributed by atoms with Crippen LogP contribution in [0, 0.1) is 0 Å². The molecule has 0 bridgehead atoms. The van der Waals surface area contributed by atoms with Gasteiger partial charge in [-0.1, -0.05) is 6.92 Å². The van der Waals surface area contributed by atoms with Gasteiger partial charge in [0.2, 0.25) is 5.91 Å². The molecule has 0 rings (SSSR count). The summed E-state index contributed by atoms with van der Waals surface area (Å²) in [5.74, 6) is 0.259. The van der Waals surface area contributed by atoms with Gasteiger partial charge in [0.05, 0.1) is 0 Å². The average molecular weight is 145 g/mol. The monoisotopic (exact) mass is 145 g/mol. The van der Waals surface area contributed by atoms with Gasteiger partial charge in [0, 0.05) is 13.5 Å². The Morgan fingerprint density at radius 2 is 1.60 bits per heavy atom. The van der Waals surface area contributed by atoms with E-state index in [9.17, 15) is 9.59 Å². The molecule has 3 nitrogen and oxygen atoms in total. The summed E-state index contributed by atoms with van der Waals surface area (Å²) >= 11 is 0. The Labute approximate surface area is 61.8 Å². The fourth-order valence-electron chi connectivity index (χ4n) is 0.177. The molecule has 10 heavy (non-hydrogen) atoms. The smallest absolute Gasteiger partial charge is 0.219 e. The Hall–Kier alpha value is -0.860. The first-order chi connectivity index (χ1) is 4.54. The van der Waals surface area contributed by atoms with E-state index in [4.69, 9.17) is 0 Å². The molecule has 0 radical (unpaired) electrons. The first-order valence-corrected chi connectivity index (χ1v) is 3.22. The predicted molar refractivity (Wildman–Crippen MR) is 40.7 cm³/mol. The normalized spacial score (nSPS) is 7.20. The zero-order valence-corrected chi connectivity index (χ0v) is 7.02. The van der Waals surface area contributed by atoms with Crippen LogP contribution >= 0.6 is 0 Å². The number of ketones is 1. The molecule has 0 aromatic carbocycles. The average Bonchev–Trinajstić information content (AvgIpc) is 1.85. The van der Waals surface area contributed by atoms with Gasteiger partial charge in [0.15, 0.2) is 0 Å². The number of hydrogen-bond acceptors (Lipinski definition) is 2. The molecule has 60 valence electrons. The third-order valence-corrected chi connectivity index (χ3v) is 0.600. The third kappa shape index (κ3) is 27.3. The van der Waals surface area contributed by atoms with Crippen LogP contribution in [0.2, 0.25) is 0 Å². The maximum absolute atomic E-state index is 10.1.